The summed E-state index contributed by atoms with van der Waals surface area (Å²) in [5.74, 6) is 2.10. The van der Waals surface area contributed by atoms with Crippen LogP contribution in [0.1, 0.15) is 129 Å². The summed E-state index contributed by atoms with van der Waals surface area (Å²) in [7, 11) is 0. The number of carbonyl (C=O) groups is 2. The number of Topliss-reactive ketones (excluding diaryl/α,β-unsaturated/α-hetero) is 2. The predicted molar refractivity (Wildman–Crippen MR) is 171 cm³/mol. The fraction of sp³-hybridized carbons (Fsp3) is 0.765. The van der Waals surface area contributed by atoms with Crippen LogP contribution in [-0.4, -0.2) is 80.2 Å². The van der Waals surface area contributed by atoms with Gasteiger partial charge in [-0.2, -0.15) is 10.2 Å². The van der Waals surface area contributed by atoms with E-state index in [0.717, 1.165) is 58.4 Å². The van der Waals surface area contributed by atoms with Gasteiger partial charge in [0.15, 0.2) is 0 Å². The van der Waals surface area contributed by atoms with Crippen molar-refractivity contribution in [2.45, 2.75) is 118 Å². The van der Waals surface area contributed by atoms with Crippen molar-refractivity contribution in [2.75, 3.05) is 39.3 Å². The molecule has 0 aliphatic carbocycles. The van der Waals surface area contributed by atoms with Crippen LogP contribution in [0.3, 0.4) is 0 Å². The largest absolute Gasteiger partial charge is 0.301 e. The molecule has 2 saturated heterocycles. The van der Waals surface area contributed by atoms with Crippen molar-refractivity contribution >= 4 is 11.6 Å². The van der Waals surface area contributed by atoms with Gasteiger partial charge in [-0.25, -0.2) is 0 Å². The van der Waals surface area contributed by atoms with Crippen LogP contribution in [0, 0.1) is 11.8 Å². The van der Waals surface area contributed by atoms with Gasteiger partial charge < -0.3 is 4.90 Å². The number of ketones is 2. The molecule has 2 atom stereocenters. The van der Waals surface area contributed by atoms with Crippen LogP contribution in [0.15, 0.2) is 24.8 Å². The summed E-state index contributed by atoms with van der Waals surface area (Å²) in [6.45, 7) is 22.6. The van der Waals surface area contributed by atoms with Crippen LogP contribution >= 0.6 is 0 Å². The fourth-order valence-corrected chi connectivity index (χ4v) is 5.71. The maximum Gasteiger partial charge on any atom is 0.149 e. The van der Waals surface area contributed by atoms with E-state index in [-0.39, 0.29) is 11.8 Å². The van der Waals surface area contributed by atoms with Crippen LogP contribution in [0.5, 0.6) is 0 Å². The van der Waals surface area contributed by atoms with E-state index < -0.39 is 0 Å². The van der Waals surface area contributed by atoms with Crippen molar-refractivity contribution in [1.29, 1.82) is 0 Å². The fourth-order valence-electron chi connectivity index (χ4n) is 5.71. The van der Waals surface area contributed by atoms with Gasteiger partial charge >= 0.3 is 0 Å². The van der Waals surface area contributed by atoms with Crippen molar-refractivity contribution in [3.05, 3.63) is 35.9 Å². The van der Waals surface area contributed by atoms with E-state index >= 15 is 0 Å². The molecule has 42 heavy (non-hydrogen) atoms. The van der Waals surface area contributed by atoms with Crippen LogP contribution in [0.25, 0.3) is 0 Å². The smallest absolute Gasteiger partial charge is 0.149 e. The number of likely N-dealkylation sites (tertiary alicyclic amines) is 2. The van der Waals surface area contributed by atoms with Gasteiger partial charge in [-0.1, -0.05) is 55.4 Å². The second-order valence-corrected chi connectivity index (χ2v) is 13.8. The monoisotopic (exact) mass is 582 g/mol. The predicted octanol–water partition coefficient (Wildman–Crippen LogP) is 6.52. The Hall–Kier alpha value is -2.32. The Bertz CT molecular complexity index is 1100. The number of rotatable bonds is 12. The number of nitrogens with zero attached hydrogens (tertiary/aromatic N) is 6. The molecule has 236 valence electrons. The zero-order chi connectivity index (χ0) is 30.8. The molecule has 8 nitrogen and oxygen atoms in total. The SMILES string of the molecule is CC(C)C(=O)CCCN1CCCC(n2cc(C(C)C)cn2)C1.CC(C)C(=O)CN1CCCC(n2cc(C(C)C)cn2)C1. The van der Waals surface area contributed by atoms with E-state index in [1.54, 1.807) is 0 Å². The van der Waals surface area contributed by atoms with Crippen molar-refractivity contribution in [3.8, 4) is 0 Å². The lowest BCUT2D eigenvalue weighted by atomic mass is 10.0. The van der Waals surface area contributed by atoms with Crippen molar-refractivity contribution in [1.82, 2.24) is 29.4 Å². The summed E-state index contributed by atoms with van der Waals surface area (Å²) in [6.07, 6.45) is 14.8. The van der Waals surface area contributed by atoms with Gasteiger partial charge in [-0.05, 0) is 74.7 Å². The molecule has 0 aromatic carbocycles. The highest BCUT2D eigenvalue weighted by Crippen LogP contribution is 2.24. The first-order chi connectivity index (χ1) is 19.9. The Balaban J connectivity index is 0.000000231. The van der Waals surface area contributed by atoms with E-state index in [0.29, 0.717) is 42.0 Å². The second-order valence-electron chi connectivity index (χ2n) is 13.8. The Morgan fingerprint density at radius 1 is 0.738 bits per heavy atom. The molecule has 2 aromatic heterocycles. The molecule has 2 aliphatic heterocycles. The molecular formula is C34H58N6O2. The first-order valence-electron chi connectivity index (χ1n) is 16.5. The lowest BCUT2D eigenvalue weighted by Gasteiger charge is -2.32. The maximum absolute atomic E-state index is 11.9. The molecule has 0 radical (unpaired) electrons. The van der Waals surface area contributed by atoms with Crippen molar-refractivity contribution in [2.24, 2.45) is 11.8 Å². The molecule has 8 heteroatoms. The van der Waals surface area contributed by atoms with Crippen molar-refractivity contribution < 1.29 is 9.59 Å². The third-order valence-corrected chi connectivity index (χ3v) is 8.85. The zero-order valence-corrected chi connectivity index (χ0v) is 27.8. The van der Waals surface area contributed by atoms with Crippen LogP contribution in [0.2, 0.25) is 0 Å². The molecule has 4 heterocycles. The Labute approximate surface area is 255 Å². The Morgan fingerprint density at radius 3 is 1.67 bits per heavy atom. The molecule has 0 N–H and O–H groups in total. The van der Waals surface area contributed by atoms with Crippen molar-refractivity contribution in [3.63, 3.8) is 0 Å². The number of hydrogen-bond acceptors (Lipinski definition) is 6. The van der Waals surface area contributed by atoms with Gasteiger partial charge in [-0.15, -0.1) is 0 Å². The summed E-state index contributed by atoms with van der Waals surface area (Å²) < 4.78 is 4.25. The Kier molecular flexibility index (Phi) is 13.4. The second kappa shape index (κ2) is 16.5. The lowest BCUT2D eigenvalue weighted by molar-refractivity contribution is -0.123. The van der Waals surface area contributed by atoms with E-state index in [9.17, 15) is 9.59 Å². The quantitative estimate of drug-likeness (QED) is 0.284. The van der Waals surface area contributed by atoms with Gasteiger partial charge in [-0.3, -0.25) is 23.9 Å². The van der Waals surface area contributed by atoms with Gasteiger partial charge in [0, 0.05) is 43.7 Å². The highest BCUT2D eigenvalue weighted by molar-refractivity contribution is 5.82. The molecule has 4 rings (SSSR count). The van der Waals surface area contributed by atoms with Gasteiger partial charge in [0.25, 0.3) is 0 Å². The van der Waals surface area contributed by atoms with Gasteiger partial charge in [0.05, 0.1) is 31.0 Å². The summed E-state index contributed by atoms with van der Waals surface area (Å²) >= 11 is 0. The first kappa shape index (κ1) is 34.2. The van der Waals surface area contributed by atoms with E-state index in [1.807, 2.05) is 40.1 Å². The number of hydrogen-bond donors (Lipinski definition) is 0. The van der Waals surface area contributed by atoms with E-state index in [2.05, 4.69) is 69.4 Å². The van der Waals surface area contributed by atoms with Gasteiger partial charge in [0.1, 0.15) is 11.6 Å². The highest BCUT2D eigenvalue weighted by atomic mass is 16.1. The third kappa shape index (κ3) is 10.4. The van der Waals surface area contributed by atoms with Gasteiger partial charge in [0.2, 0.25) is 0 Å². The van der Waals surface area contributed by atoms with E-state index in [1.165, 1.54) is 24.0 Å². The molecule has 2 unspecified atom stereocenters. The maximum atomic E-state index is 11.9. The minimum absolute atomic E-state index is 0.132. The average Bonchev–Trinajstić information content (AvgIpc) is 3.65. The minimum atomic E-state index is 0.132. The number of carbonyl (C=O) groups excluding carboxylic acids is 2. The first-order valence-corrected chi connectivity index (χ1v) is 16.5. The molecule has 2 aromatic rings. The number of piperidine rings is 2. The normalized spacial score (nSPS) is 20.4. The summed E-state index contributed by atoms with van der Waals surface area (Å²) in [6, 6.07) is 0.901. The minimum Gasteiger partial charge on any atom is -0.301 e. The molecule has 0 amide bonds. The molecule has 0 bridgehead atoms. The summed E-state index contributed by atoms with van der Waals surface area (Å²) in [4.78, 5) is 28.4. The molecule has 2 aliphatic rings. The summed E-state index contributed by atoms with van der Waals surface area (Å²) in [5, 5.41) is 9.08. The topological polar surface area (TPSA) is 76.3 Å². The molecule has 0 saturated carbocycles. The zero-order valence-electron chi connectivity index (χ0n) is 27.8. The van der Waals surface area contributed by atoms with Crippen LogP contribution < -0.4 is 0 Å². The number of aromatic nitrogens is 4. The summed E-state index contributed by atoms with van der Waals surface area (Å²) in [5.41, 5.74) is 2.61. The highest BCUT2D eigenvalue weighted by Gasteiger charge is 2.25. The molecular weight excluding hydrogens is 524 g/mol. The Morgan fingerprint density at radius 2 is 1.21 bits per heavy atom. The van der Waals surface area contributed by atoms with Crippen LogP contribution in [-0.2, 0) is 9.59 Å². The third-order valence-electron chi connectivity index (χ3n) is 8.85. The van der Waals surface area contributed by atoms with E-state index in [4.69, 9.17) is 0 Å². The average molecular weight is 583 g/mol. The van der Waals surface area contributed by atoms with Crippen LogP contribution in [0.4, 0.5) is 0 Å². The molecule has 2 fully saturated rings. The molecule has 0 spiro atoms. The lowest BCUT2D eigenvalue weighted by Crippen LogP contribution is -2.40. The standard InChI is InChI=1S/C18H31N3O.C16H27N3O/c1-14(2)16-11-19-21(12-16)17-7-5-9-20(13-17)10-6-8-18(22)15(3)4;1-12(2)14-8-17-19(9-14)15-6-5-7-18(10-15)11-16(20)13(3)4/h11-12,14-15,17H,5-10,13H2,1-4H3;8-9,12-13,15H,5-7,10-11H2,1-4H3.